The number of amides is 1. The number of rotatable bonds is 5. The smallest absolute Gasteiger partial charge is 0.224 e. The molecule has 0 saturated heterocycles. The van der Waals surface area contributed by atoms with Crippen molar-refractivity contribution in [1.82, 2.24) is 5.32 Å². The summed E-state index contributed by atoms with van der Waals surface area (Å²) in [5.74, 6) is 1.18. The molecule has 1 aromatic carbocycles. The summed E-state index contributed by atoms with van der Waals surface area (Å²) >= 11 is 0. The largest absolute Gasteiger partial charge is 0.350 e. The zero-order valence-electron chi connectivity index (χ0n) is 12.9. The standard InChI is InChI=1S/C17H26N2O/c1-11(2)12-5-7-13(8-6-12)14-9-15(14)16(20)19-17(3,4)10-18/h5-8,11,14-15H,9-10,18H2,1-4H3,(H,19,20). The summed E-state index contributed by atoms with van der Waals surface area (Å²) in [7, 11) is 0. The van der Waals surface area contributed by atoms with Crippen LogP contribution in [-0.4, -0.2) is 18.0 Å². The minimum absolute atomic E-state index is 0.116. The molecule has 0 spiro atoms. The Kier molecular flexibility index (Phi) is 4.19. The van der Waals surface area contributed by atoms with Crippen LogP contribution in [0.25, 0.3) is 0 Å². The van der Waals surface area contributed by atoms with Gasteiger partial charge in [0, 0.05) is 18.0 Å². The van der Waals surface area contributed by atoms with E-state index >= 15 is 0 Å². The molecule has 20 heavy (non-hydrogen) atoms. The molecule has 0 aliphatic heterocycles. The number of nitrogens with two attached hydrogens (primary N) is 1. The fourth-order valence-electron chi connectivity index (χ4n) is 2.46. The van der Waals surface area contributed by atoms with E-state index in [0.717, 1.165) is 6.42 Å². The minimum atomic E-state index is -0.314. The van der Waals surface area contributed by atoms with E-state index in [1.165, 1.54) is 11.1 Å². The molecule has 1 saturated carbocycles. The van der Waals surface area contributed by atoms with E-state index < -0.39 is 0 Å². The summed E-state index contributed by atoms with van der Waals surface area (Å²) < 4.78 is 0. The number of carbonyl (C=O) groups is 1. The van der Waals surface area contributed by atoms with Gasteiger partial charge in [0.2, 0.25) is 5.91 Å². The molecule has 1 aliphatic rings. The summed E-state index contributed by atoms with van der Waals surface area (Å²) in [6.45, 7) is 8.76. The van der Waals surface area contributed by atoms with Crippen LogP contribution in [0.4, 0.5) is 0 Å². The minimum Gasteiger partial charge on any atom is -0.350 e. The zero-order chi connectivity index (χ0) is 14.9. The Morgan fingerprint density at radius 2 is 1.95 bits per heavy atom. The molecule has 3 heteroatoms. The van der Waals surface area contributed by atoms with Crippen LogP contribution >= 0.6 is 0 Å². The van der Waals surface area contributed by atoms with Gasteiger partial charge in [-0.2, -0.15) is 0 Å². The van der Waals surface area contributed by atoms with Gasteiger partial charge < -0.3 is 11.1 Å². The molecule has 2 unspecified atom stereocenters. The normalized spacial score (nSPS) is 21.9. The average molecular weight is 274 g/mol. The van der Waals surface area contributed by atoms with Gasteiger partial charge in [-0.25, -0.2) is 0 Å². The van der Waals surface area contributed by atoms with Crippen LogP contribution in [0.15, 0.2) is 24.3 Å². The third-order valence-corrected chi connectivity index (χ3v) is 4.13. The van der Waals surface area contributed by atoms with Crippen LogP contribution in [0.5, 0.6) is 0 Å². The molecule has 0 heterocycles. The predicted molar refractivity (Wildman–Crippen MR) is 82.7 cm³/mol. The second-order valence-corrected chi connectivity index (χ2v) is 6.85. The van der Waals surface area contributed by atoms with E-state index in [1.807, 2.05) is 13.8 Å². The SMILES string of the molecule is CC(C)c1ccc(C2CC2C(=O)NC(C)(C)CN)cc1. The van der Waals surface area contributed by atoms with Crippen molar-refractivity contribution in [2.75, 3.05) is 6.54 Å². The van der Waals surface area contributed by atoms with E-state index in [0.29, 0.717) is 18.4 Å². The maximum Gasteiger partial charge on any atom is 0.224 e. The maximum atomic E-state index is 12.2. The van der Waals surface area contributed by atoms with E-state index in [-0.39, 0.29) is 17.4 Å². The monoisotopic (exact) mass is 274 g/mol. The number of carbonyl (C=O) groups excluding carboxylic acids is 1. The molecular weight excluding hydrogens is 248 g/mol. The van der Waals surface area contributed by atoms with Crippen molar-refractivity contribution in [2.24, 2.45) is 11.7 Å². The van der Waals surface area contributed by atoms with Gasteiger partial charge in [0.25, 0.3) is 0 Å². The lowest BCUT2D eigenvalue weighted by molar-refractivity contribution is -0.123. The molecule has 1 fully saturated rings. The van der Waals surface area contributed by atoms with Gasteiger partial charge in [-0.05, 0) is 43.2 Å². The molecular formula is C17H26N2O. The molecule has 110 valence electrons. The molecule has 0 aromatic heterocycles. The number of hydrogen-bond acceptors (Lipinski definition) is 2. The highest BCUT2D eigenvalue weighted by atomic mass is 16.2. The first-order valence-corrected chi connectivity index (χ1v) is 7.46. The summed E-state index contributed by atoms with van der Waals surface area (Å²) in [6, 6.07) is 8.69. The lowest BCUT2D eigenvalue weighted by Crippen LogP contribution is -2.49. The van der Waals surface area contributed by atoms with E-state index in [4.69, 9.17) is 5.73 Å². The van der Waals surface area contributed by atoms with Gasteiger partial charge in [0.15, 0.2) is 0 Å². The van der Waals surface area contributed by atoms with Crippen LogP contribution < -0.4 is 11.1 Å². The second-order valence-electron chi connectivity index (χ2n) is 6.85. The Balaban J connectivity index is 1.96. The van der Waals surface area contributed by atoms with Crippen molar-refractivity contribution in [3.63, 3.8) is 0 Å². The third-order valence-electron chi connectivity index (χ3n) is 4.13. The van der Waals surface area contributed by atoms with Crippen LogP contribution in [0.2, 0.25) is 0 Å². The molecule has 0 radical (unpaired) electrons. The zero-order valence-corrected chi connectivity index (χ0v) is 12.9. The highest BCUT2D eigenvalue weighted by molar-refractivity contribution is 5.83. The summed E-state index contributed by atoms with van der Waals surface area (Å²) in [5, 5.41) is 3.03. The molecule has 3 nitrogen and oxygen atoms in total. The van der Waals surface area contributed by atoms with E-state index in [9.17, 15) is 4.79 Å². The molecule has 1 aromatic rings. The molecule has 2 rings (SSSR count). The average Bonchev–Trinajstić information content (AvgIpc) is 3.18. The van der Waals surface area contributed by atoms with Crippen LogP contribution in [0.1, 0.15) is 57.1 Å². The highest BCUT2D eigenvalue weighted by Gasteiger charge is 2.44. The highest BCUT2D eigenvalue weighted by Crippen LogP contribution is 2.47. The van der Waals surface area contributed by atoms with Crippen LogP contribution in [-0.2, 0) is 4.79 Å². The quantitative estimate of drug-likeness (QED) is 0.867. The van der Waals surface area contributed by atoms with Gasteiger partial charge in [0.05, 0.1) is 0 Å². The second kappa shape index (κ2) is 5.57. The van der Waals surface area contributed by atoms with Gasteiger partial charge in [0.1, 0.15) is 0 Å². The Morgan fingerprint density at radius 1 is 1.35 bits per heavy atom. The number of benzene rings is 1. The fraction of sp³-hybridized carbons (Fsp3) is 0.588. The summed E-state index contributed by atoms with van der Waals surface area (Å²) in [6.07, 6.45) is 0.952. The van der Waals surface area contributed by atoms with Crippen molar-refractivity contribution in [3.05, 3.63) is 35.4 Å². The third kappa shape index (κ3) is 3.40. The molecule has 0 bridgehead atoms. The molecule has 3 N–H and O–H groups in total. The van der Waals surface area contributed by atoms with Crippen molar-refractivity contribution >= 4 is 5.91 Å². The van der Waals surface area contributed by atoms with E-state index in [1.54, 1.807) is 0 Å². The topological polar surface area (TPSA) is 55.1 Å². The van der Waals surface area contributed by atoms with Gasteiger partial charge in [-0.15, -0.1) is 0 Å². The summed E-state index contributed by atoms with van der Waals surface area (Å²) in [4.78, 5) is 12.2. The molecule has 2 atom stereocenters. The molecule has 1 amide bonds. The van der Waals surface area contributed by atoms with Crippen molar-refractivity contribution in [3.8, 4) is 0 Å². The maximum absolute atomic E-state index is 12.2. The van der Waals surface area contributed by atoms with E-state index in [2.05, 4.69) is 43.4 Å². The van der Waals surface area contributed by atoms with Crippen LogP contribution in [0, 0.1) is 5.92 Å². The van der Waals surface area contributed by atoms with Gasteiger partial charge in [-0.3, -0.25) is 4.79 Å². The van der Waals surface area contributed by atoms with Crippen molar-refractivity contribution < 1.29 is 4.79 Å². The number of nitrogens with one attached hydrogen (secondary N) is 1. The predicted octanol–water partition coefficient (Wildman–Crippen LogP) is 2.77. The first-order valence-electron chi connectivity index (χ1n) is 7.46. The number of hydrogen-bond donors (Lipinski definition) is 2. The Labute approximate surface area is 121 Å². The molecule has 1 aliphatic carbocycles. The Morgan fingerprint density at radius 3 is 2.45 bits per heavy atom. The fourth-order valence-corrected chi connectivity index (χ4v) is 2.46. The van der Waals surface area contributed by atoms with Crippen molar-refractivity contribution in [1.29, 1.82) is 0 Å². The Bertz CT molecular complexity index is 476. The first-order chi connectivity index (χ1) is 9.34. The lowest BCUT2D eigenvalue weighted by Gasteiger charge is -2.24. The van der Waals surface area contributed by atoms with Gasteiger partial charge in [-0.1, -0.05) is 38.1 Å². The lowest BCUT2D eigenvalue weighted by atomic mass is 9.99. The van der Waals surface area contributed by atoms with Gasteiger partial charge >= 0.3 is 0 Å². The van der Waals surface area contributed by atoms with Crippen molar-refractivity contribution in [2.45, 2.75) is 51.5 Å². The van der Waals surface area contributed by atoms with Crippen LogP contribution in [0.3, 0.4) is 0 Å². The summed E-state index contributed by atoms with van der Waals surface area (Å²) in [5.41, 5.74) is 7.96. The Hall–Kier alpha value is -1.35. The first kappa shape index (κ1) is 15.0.